The summed E-state index contributed by atoms with van der Waals surface area (Å²) in [6, 6.07) is 10.1. The van der Waals surface area contributed by atoms with Crippen LogP contribution in [0, 0.1) is 0 Å². The lowest BCUT2D eigenvalue weighted by Crippen LogP contribution is -2.05. The van der Waals surface area contributed by atoms with E-state index in [-0.39, 0.29) is 17.5 Å². The van der Waals surface area contributed by atoms with Crippen LogP contribution in [0.2, 0.25) is 10.0 Å². The van der Waals surface area contributed by atoms with Gasteiger partial charge in [-0.15, -0.1) is 0 Å². The number of nitrogens with zero attached hydrogens (tertiary/aromatic N) is 2. The fourth-order valence-corrected chi connectivity index (χ4v) is 4.02. The Hall–Kier alpha value is -2.02. The number of rotatable bonds is 7. The predicted octanol–water partition coefficient (Wildman–Crippen LogP) is 5.51. The molecule has 0 radical (unpaired) electrons. The molecule has 0 saturated heterocycles. The van der Waals surface area contributed by atoms with Gasteiger partial charge in [0, 0.05) is 12.1 Å². The number of carbonyl (C=O) groups excluding carboxylic acids is 2. The number of aryl methyl sites for hydroxylation is 1. The Balaban J connectivity index is 1.82. The first-order chi connectivity index (χ1) is 13.4. The number of aromatic nitrogens is 2. The molecular formula is C20H18Cl2N2O3S. The fraction of sp³-hybridized carbons (Fsp3) is 0.250. The number of ketones is 1. The lowest BCUT2D eigenvalue weighted by atomic mass is 10.1. The van der Waals surface area contributed by atoms with E-state index in [0.717, 1.165) is 5.52 Å². The van der Waals surface area contributed by atoms with Crippen molar-refractivity contribution in [3.8, 4) is 0 Å². The van der Waals surface area contributed by atoms with E-state index in [4.69, 9.17) is 27.9 Å². The van der Waals surface area contributed by atoms with Gasteiger partial charge in [0.15, 0.2) is 10.9 Å². The van der Waals surface area contributed by atoms with Gasteiger partial charge in [-0.25, -0.2) is 9.78 Å². The third kappa shape index (κ3) is 4.35. The molecule has 0 aliphatic heterocycles. The van der Waals surface area contributed by atoms with Crippen LogP contribution < -0.4 is 0 Å². The molecule has 0 unspecified atom stereocenters. The summed E-state index contributed by atoms with van der Waals surface area (Å²) in [6.45, 7) is 4.78. The molecule has 1 aromatic heterocycles. The molecule has 146 valence electrons. The summed E-state index contributed by atoms with van der Waals surface area (Å²) in [5.41, 5.74) is 2.56. The molecule has 0 N–H and O–H groups in total. The first kappa shape index (κ1) is 20.7. The van der Waals surface area contributed by atoms with Crippen molar-refractivity contribution in [2.24, 2.45) is 0 Å². The summed E-state index contributed by atoms with van der Waals surface area (Å²) in [5, 5.41) is 1.48. The van der Waals surface area contributed by atoms with Crippen LogP contribution in [0.4, 0.5) is 0 Å². The zero-order chi connectivity index (χ0) is 20.3. The van der Waals surface area contributed by atoms with Gasteiger partial charge < -0.3 is 9.30 Å². The Morgan fingerprint density at radius 3 is 2.50 bits per heavy atom. The highest BCUT2D eigenvalue weighted by molar-refractivity contribution is 7.99. The maximum Gasteiger partial charge on any atom is 0.338 e. The minimum atomic E-state index is -0.376. The van der Waals surface area contributed by atoms with Crippen LogP contribution in [0.15, 0.2) is 41.6 Å². The number of thioether (sulfide) groups is 1. The highest BCUT2D eigenvalue weighted by Gasteiger charge is 2.16. The number of hydrogen-bond donors (Lipinski definition) is 0. The molecule has 8 heteroatoms. The van der Waals surface area contributed by atoms with Crippen LogP contribution in [-0.2, 0) is 11.3 Å². The van der Waals surface area contributed by atoms with E-state index in [0.29, 0.717) is 45.0 Å². The van der Waals surface area contributed by atoms with Crippen LogP contribution in [0.1, 0.15) is 34.6 Å². The zero-order valence-electron chi connectivity index (χ0n) is 15.4. The minimum absolute atomic E-state index is 0.0644. The smallest absolute Gasteiger partial charge is 0.338 e. The van der Waals surface area contributed by atoms with Crippen molar-refractivity contribution in [1.82, 2.24) is 9.55 Å². The number of halogens is 2. The van der Waals surface area contributed by atoms with Crippen molar-refractivity contribution < 1.29 is 14.3 Å². The summed E-state index contributed by atoms with van der Waals surface area (Å²) in [5.74, 6) is -0.226. The van der Waals surface area contributed by atoms with Crippen molar-refractivity contribution in [2.75, 3.05) is 12.4 Å². The topological polar surface area (TPSA) is 61.2 Å². The maximum absolute atomic E-state index is 12.5. The van der Waals surface area contributed by atoms with Crippen molar-refractivity contribution in [3.63, 3.8) is 0 Å². The molecule has 0 aliphatic carbocycles. The predicted molar refractivity (Wildman–Crippen MR) is 113 cm³/mol. The highest BCUT2D eigenvalue weighted by atomic mass is 35.5. The highest BCUT2D eigenvalue weighted by Crippen LogP contribution is 2.27. The number of carbonyl (C=O) groups is 2. The number of esters is 1. The maximum atomic E-state index is 12.5. The van der Waals surface area contributed by atoms with Crippen LogP contribution in [-0.4, -0.2) is 33.7 Å². The molecule has 3 aromatic rings. The van der Waals surface area contributed by atoms with Crippen molar-refractivity contribution in [2.45, 2.75) is 25.5 Å². The first-order valence-electron chi connectivity index (χ1n) is 8.73. The van der Waals surface area contributed by atoms with Gasteiger partial charge in [0.1, 0.15) is 0 Å². The van der Waals surface area contributed by atoms with Crippen molar-refractivity contribution in [3.05, 3.63) is 57.6 Å². The Bertz CT molecular complexity index is 1050. The van der Waals surface area contributed by atoms with Crippen molar-refractivity contribution in [1.29, 1.82) is 0 Å². The number of hydrogen-bond acceptors (Lipinski definition) is 5. The zero-order valence-corrected chi connectivity index (χ0v) is 17.7. The van der Waals surface area contributed by atoms with Crippen molar-refractivity contribution >= 4 is 57.7 Å². The number of fused-ring (bicyclic) bond motifs is 1. The van der Waals surface area contributed by atoms with Crippen LogP contribution in [0.25, 0.3) is 11.0 Å². The molecule has 0 aliphatic rings. The number of benzene rings is 2. The standard InChI is InChI=1S/C20H18Cl2N2O3S/c1-3-24-17-8-6-13(19(26)27-4-2)10-16(17)23-20(24)28-11-18(25)12-5-7-14(21)15(22)9-12/h5-10H,3-4,11H2,1-2H3. The molecule has 28 heavy (non-hydrogen) atoms. The normalized spacial score (nSPS) is 11.0. The van der Waals surface area contributed by atoms with Gasteiger partial charge in [0.2, 0.25) is 0 Å². The van der Waals surface area contributed by atoms with Gasteiger partial charge in [-0.05, 0) is 50.2 Å². The number of imidazole rings is 1. The van der Waals surface area contributed by atoms with Gasteiger partial charge >= 0.3 is 5.97 Å². The second-order valence-corrected chi connectivity index (χ2v) is 7.66. The average Bonchev–Trinajstić information content (AvgIpc) is 3.04. The molecule has 0 saturated carbocycles. The fourth-order valence-electron chi connectivity index (χ4n) is 2.75. The Morgan fingerprint density at radius 1 is 1.07 bits per heavy atom. The molecule has 3 rings (SSSR count). The van der Waals surface area contributed by atoms with Crippen LogP contribution in [0.3, 0.4) is 0 Å². The van der Waals surface area contributed by atoms with E-state index in [1.54, 1.807) is 37.3 Å². The minimum Gasteiger partial charge on any atom is -0.462 e. The molecule has 0 spiro atoms. The molecule has 1 heterocycles. The second kappa shape index (κ2) is 8.99. The molecule has 0 amide bonds. The molecular weight excluding hydrogens is 419 g/mol. The van der Waals surface area contributed by atoms with Gasteiger partial charge in [0.25, 0.3) is 0 Å². The Morgan fingerprint density at radius 2 is 1.82 bits per heavy atom. The van der Waals surface area contributed by atoms with Gasteiger partial charge in [-0.3, -0.25) is 4.79 Å². The lowest BCUT2D eigenvalue weighted by molar-refractivity contribution is 0.0526. The average molecular weight is 437 g/mol. The Labute approximate surface area is 177 Å². The largest absolute Gasteiger partial charge is 0.462 e. The summed E-state index contributed by atoms with van der Waals surface area (Å²) in [7, 11) is 0. The summed E-state index contributed by atoms with van der Waals surface area (Å²) in [4.78, 5) is 29.0. The van der Waals surface area contributed by atoms with E-state index >= 15 is 0 Å². The summed E-state index contributed by atoms with van der Waals surface area (Å²) >= 11 is 13.2. The quantitative estimate of drug-likeness (QED) is 0.277. The van der Waals surface area contributed by atoms with Gasteiger partial charge in [0.05, 0.1) is 39.0 Å². The summed E-state index contributed by atoms with van der Waals surface area (Å²) in [6.07, 6.45) is 0. The molecule has 5 nitrogen and oxygen atoms in total. The second-order valence-electron chi connectivity index (χ2n) is 5.90. The van der Waals surface area contributed by atoms with E-state index in [1.807, 2.05) is 17.6 Å². The SMILES string of the molecule is CCOC(=O)c1ccc2c(c1)nc(SCC(=O)c1ccc(Cl)c(Cl)c1)n2CC. The van der Waals surface area contributed by atoms with E-state index in [1.165, 1.54) is 11.8 Å². The van der Waals surface area contributed by atoms with E-state index in [9.17, 15) is 9.59 Å². The molecule has 0 bridgehead atoms. The third-order valence-corrected chi connectivity index (χ3v) is 5.83. The molecule has 0 atom stereocenters. The number of Topliss-reactive ketones (excluding diaryl/α,β-unsaturated/α-hetero) is 1. The van der Waals surface area contributed by atoms with E-state index < -0.39 is 0 Å². The Kier molecular flexibility index (Phi) is 6.65. The van der Waals surface area contributed by atoms with Gasteiger partial charge in [-0.1, -0.05) is 35.0 Å². The van der Waals surface area contributed by atoms with Crippen LogP contribution in [0.5, 0.6) is 0 Å². The molecule has 2 aromatic carbocycles. The number of ether oxygens (including phenoxy) is 1. The monoisotopic (exact) mass is 436 g/mol. The summed E-state index contributed by atoms with van der Waals surface area (Å²) < 4.78 is 7.05. The van der Waals surface area contributed by atoms with Gasteiger partial charge in [-0.2, -0.15) is 0 Å². The third-order valence-electron chi connectivity index (χ3n) is 4.11. The first-order valence-corrected chi connectivity index (χ1v) is 10.5. The van der Waals surface area contributed by atoms with E-state index in [2.05, 4.69) is 4.98 Å². The lowest BCUT2D eigenvalue weighted by Gasteiger charge is -2.06. The molecule has 0 fully saturated rings. The van der Waals surface area contributed by atoms with Crippen LogP contribution >= 0.6 is 35.0 Å².